The lowest BCUT2D eigenvalue weighted by Crippen LogP contribution is -1.94. The van der Waals surface area contributed by atoms with Gasteiger partial charge in [-0.15, -0.1) is 11.3 Å². The first-order chi connectivity index (χ1) is 8.78. The van der Waals surface area contributed by atoms with Crippen molar-refractivity contribution in [3.05, 3.63) is 26.7 Å². The zero-order valence-corrected chi connectivity index (χ0v) is 11.2. The average molecular weight is 278 g/mol. The van der Waals surface area contributed by atoms with E-state index in [0.717, 1.165) is 16.1 Å². The largest absolute Gasteiger partial charge is 0.332 e. The molecule has 2 N–H and O–H groups in total. The Labute approximate surface area is 111 Å². The fraction of sp³-hybridized carbons (Fsp3) is 0.182. The number of nitrogens with zero attached hydrogens (tertiary/aromatic N) is 3. The number of hydrogen-bond acceptors (Lipinski definition) is 7. The summed E-state index contributed by atoms with van der Waals surface area (Å²) in [5.41, 5.74) is 8.36. The highest BCUT2D eigenvalue weighted by atomic mass is 32.1. The molecule has 3 rings (SSSR count). The molecule has 0 saturated heterocycles. The number of rotatable bonds is 3. The number of hydrogen-bond donors (Lipinski definition) is 1. The van der Waals surface area contributed by atoms with E-state index in [0.29, 0.717) is 24.0 Å². The van der Waals surface area contributed by atoms with Gasteiger partial charge in [0.1, 0.15) is 10.7 Å². The molecule has 3 aromatic rings. The number of thiophene rings is 1. The van der Waals surface area contributed by atoms with E-state index in [1.54, 1.807) is 11.3 Å². The summed E-state index contributed by atoms with van der Waals surface area (Å²) in [4.78, 5) is 8.68. The molecule has 3 aromatic heterocycles. The minimum Gasteiger partial charge on any atom is -0.332 e. The standard InChI is InChI=1S/C11H10N4OS2/c1-6-3-17-4-7(6)10-14-11(16-15-10)8-5-18-9(2-12)13-8/h3-5H,2,12H2,1H3. The maximum atomic E-state index is 5.53. The van der Waals surface area contributed by atoms with Crippen LogP contribution in [0.3, 0.4) is 0 Å². The highest BCUT2D eigenvalue weighted by Gasteiger charge is 2.15. The van der Waals surface area contributed by atoms with Crippen LogP contribution in [-0.2, 0) is 6.54 Å². The van der Waals surface area contributed by atoms with Gasteiger partial charge in [-0.25, -0.2) is 4.98 Å². The summed E-state index contributed by atoms with van der Waals surface area (Å²) < 4.78 is 5.23. The quantitative estimate of drug-likeness (QED) is 0.797. The molecule has 0 aliphatic heterocycles. The van der Waals surface area contributed by atoms with Crippen molar-refractivity contribution in [2.45, 2.75) is 13.5 Å². The van der Waals surface area contributed by atoms with Crippen molar-refractivity contribution >= 4 is 22.7 Å². The zero-order valence-electron chi connectivity index (χ0n) is 9.58. The van der Waals surface area contributed by atoms with Crippen LogP contribution in [0.15, 0.2) is 20.7 Å². The highest BCUT2D eigenvalue weighted by Crippen LogP contribution is 2.27. The molecular formula is C11H10N4OS2. The number of nitrogens with two attached hydrogens (primary N) is 1. The molecule has 0 amide bonds. The molecule has 92 valence electrons. The first-order valence-electron chi connectivity index (χ1n) is 5.29. The van der Waals surface area contributed by atoms with Gasteiger partial charge < -0.3 is 10.3 Å². The third kappa shape index (κ3) is 1.96. The van der Waals surface area contributed by atoms with Crippen LogP contribution in [0.25, 0.3) is 23.0 Å². The molecule has 0 fully saturated rings. The van der Waals surface area contributed by atoms with Crippen LogP contribution in [0.2, 0.25) is 0 Å². The van der Waals surface area contributed by atoms with E-state index in [9.17, 15) is 0 Å². The third-order valence-electron chi connectivity index (χ3n) is 2.47. The molecule has 0 aromatic carbocycles. The molecule has 0 bridgehead atoms. The Hall–Kier alpha value is -1.57. The van der Waals surface area contributed by atoms with Crippen molar-refractivity contribution in [2.24, 2.45) is 5.73 Å². The van der Waals surface area contributed by atoms with Gasteiger partial charge in [0.25, 0.3) is 5.89 Å². The van der Waals surface area contributed by atoms with E-state index >= 15 is 0 Å². The van der Waals surface area contributed by atoms with Crippen LogP contribution < -0.4 is 5.73 Å². The maximum Gasteiger partial charge on any atom is 0.277 e. The van der Waals surface area contributed by atoms with Gasteiger partial charge in [0.2, 0.25) is 5.82 Å². The third-order valence-corrected chi connectivity index (χ3v) is 4.20. The van der Waals surface area contributed by atoms with E-state index in [1.807, 2.05) is 17.7 Å². The predicted octanol–water partition coefficient (Wildman–Crippen LogP) is 2.69. The van der Waals surface area contributed by atoms with E-state index in [2.05, 4.69) is 20.5 Å². The first kappa shape index (κ1) is 11.5. The molecule has 3 heterocycles. The second-order valence-electron chi connectivity index (χ2n) is 3.72. The molecule has 5 nitrogen and oxygen atoms in total. The molecule has 0 spiro atoms. The van der Waals surface area contributed by atoms with Crippen molar-refractivity contribution in [1.82, 2.24) is 15.1 Å². The fourth-order valence-electron chi connectivity index (χ4n) is 1.53. The maximum absolute atomic E-state index is 5.53. The molecule has 7 heteroatoms. The number of aryl methyl sites for hydroxylation is 1. The summed E-state index contributed by atoms with van der Waals surface area (Å²) >= 11 is 3.11. The van der Waals surface area contributed by atoms with E-state index in [-0.39, 0.29) is 0 Å². The molecule has 18 heavy (non-hydrogen) atoms. The van der Waals surface area contributed by atoms with Crippen molar-refractivity contribution in [1.29, 1.82) is 0 Å². The molecule has 0 atom stereocenters. The van der Waals surface area contributed by atoms with Crippen LogP contribution in [0.5, 0.6) is 0 Å². The van der Waals surface area contributed by atoms with Gasteiger partial charge in [0, 0.05) is 22.9 Å². The topological polar surface area (TPSA) is 77.8 Å². The second kappa shape index (κ2) is 4.60. The fourth-order valence-corrected chi connectivity index (χ4v) is 3.00. The van der Waals surface area contributed by atoms with Crippen LogP contribution in [0, 0.1) is 6.92 Å². The Morgan fingerprint density at radius 1 is 1.28 bits per heavy atom. The molecule has 0 radical (unpaired) electrons. The molecule has 0 aliphatic rings. The van der Waals surface area contributed by atoms with Gasteiger partial charge in [0.15, 0.2) is 0 Å². The number of aromatic nitrogens is 3. The van der Waals surface area contributed by atoms with E-state index in [1.165, 1.54) is 11.3 Å². The lowest BCUT2D eigenvalue weighted by atomic mass is 10.2. The Kier molecular flexibility index (Phi) is 2.94. The minimum atomic E-state index is 0.426. The van der Waals surface area contributed by atoms with E-state index < -0.39 is 0 Å². The lowest BCUT2D eigenvalue weighted by molar-refractivity contribution is 0.431. The summed E-state index contributed by atoms with van der Waals surface area (Å²) in [6.07, 6.45) is 0. The van der Waals surface area contributed by atoms with Crippen LogP contribution in [0.1, 0.15) is 10.6 Å². The van der Waals surface area contributed by atoms with Crippen molar-refractivity contribution in [2.75, 3.05) is 0 Å². The van der Waals surface area contributed by atoms with E-state index in [4.69, 9.17) is 10.3 Å². The monoisotopic (exact) mass is 278 g/mol. The van der Waals surface area contributed by atoms with Crippen molar-refractivity contribution < 1.29 is 4.52 Å². The summed E-state index contributed by atoms with van der Waals surface area (Å²) in [6, 6.07) is 0. The summed E-state index contributed by atoms with van der Waals surface area (Å²) in [6.45, 7) is 2.45. The lowest BCUT2D eigenvalue weighted by Gasteiger charge is -1.88. The van der Waals surface area contributed by atoms with Gasteiger partial charge in [-0.3, -0.25) is 0 Å². The molecule has 0 aliphatic carbocycles. The summed E-state index contributed by atoms with van der Waals surface area (Å²) in [7, 11) is 0. The molecule has 0 saturated carbocycles. The van der Waals surface area contributed by atoms with Crippen LogP contribution in [0.4, 0.5) is 0 Å². The Morgan fingerprint density at radius 2 is 2.17 bits per heavy atom. The Balaban J connectivity index is 1.96. The van der Waals surface area contributed by atoms with Gasteiger partial charge in [-0.1, -0.05) is 5.16 Å². The van der Waals surface area contributed by atoms with Crippen LogP contribution in [-0.4, -0.2) is 15.1 Å². The second-order valence-corrected chi connectivity index (χ2v) is 5.41. The predicted molar refractivity (Wildman–Crippen MR) is 71.3 cm³/mol. The Morgan fingerprint density at radius 3 is 2.83 bits per heavy atom. The van der Waals surface area contributed by atoms with Gasteiger partial charge in [0.05, 0.1) is 0 Å². The van der Waals surface area contributed by atoms with Gasteiger partial charge >= 0.3 is 0 Å². The summed E-state index contributed by atoms with van der Waals surface area (Å²) in [5, 5.41) is 10.8. The summed E-state index contributed by atoms with van der Waals surface area (Å²) in [5.74, 6) is 1.04. The highest BCUT2D eigenvalue weighted by molar-refractivity contribution is 7.10. The smallest absolute Gasteiger partial charge is 0.277 e. The molecule has 0 unspecified atom stereocenters. The zero-order chi connectivity index (χ0) is 12.5. The SMILES string of the molecule is Cc1cscc1-c1noc(-c2csc(CN)n2)n1. The van der Waals surface area contributed by atoms with Gasteiger partial charge in [-0.2, -0.15) is 16.3 Å². The average Bonchev–Trinajstić information content (AvgIpc) is 3.07. The number of thiazole rings is 1. The molecular weight excluding hydrogens is 268 g/mol. The van der Waals surface area contributed by atoms with Gasteiger partial charge in [-0.05, 0) is 17.9 Å². The normalized spacial score (nSPS) is 11.0. The van der Waals surface area contributed by atoms with Crippen LogP contribution >= 0.6 is 22.7 Å². The first-order valence-corrected chi connectivity index (χ1v) is 7.12. The minimum absolute atomic E-state index is 0.426. The Bertz CT molecular complexity index is 670. The van der Waals surface area contributed by atoms with Crippen molar-refractivity contribution in [3.63, 3.8) is 0 Å². The van der Waals surface area contributed by atoms with Crippen molar-refractivity contribution in [3.8, 4) is 23.0 Å².